The van der Waals surface area contributed by atoms with Crippen LogP contribution in [0.3, 0.4) is 0 Å². The van der Waals surface area contributed by atoms with E-state index in [4.69, 9.17) is 0 Å². The van der Waals surface area contributed by atoms with Crippen LogP contribution in [0.25, 0.3) is 0 Å². The summed E-state index contributed by atoms with van der Waals surface area (Å²) in [6.45, 7) is 13.2. The maximum absolute atomic E-state index is 9.84. The number of hydrogen-bond donors (Lipinski definition) is 2. The molecule has 2 N–H and O–H groups in total. The van der Waals surface area contributed by atoms with Gasteiger partial charge in [-0.2, -0.15) is 0 Å². The molecule has 0 aliphatic carbocycles. The molecule has 126 valence electrons. The first kappa shape index (κ1) is 20.9. The Balaban J connectivity index is 4.09. The highest BCUT2D eigenvalue weighted by atomic mass is 16.3. The molecule has 2 nitrogen and oxygen atoms in total. The molecule has 0 aliphatic rings. The van der Waals surface area contributed by atoms with Crippen LogP contribution in [0.15, 0.2) is 48.1 Å². The van der Waals surface area contributed by atoms with Crippen LogP contribution in [0.5, 0.6) is 0 Å². The maximum Gasteiger partial charge on any atom is 0.0800 e. The second-order valence-electron chi connectivity index (χ2n) is 7.00. The minimum absolute atomic E-state index is 0.713. The second kappa shape index (κ2) is 9.81. The van der Waals surface area contributed by atoms with Gasteiger partial charge in [0.1, 0.15) is 0 Å². The van der Waals surface area contributed by atoms with Crippen LogP contribution in [0.1, 0.15) is 66.7 Å². The van der Waals surface area contributed by atoms with E-state index in [1.807, 2.05) is 12.2 Å². The minimum atomic E-state index is -0.764. The monoisotopic (exact) mass is 306 g/mol. The van der Waals surface area contributed by atoms with Crippen molar-refractivity contribution in [2.24, 2.45) is 0 Å². The van der Waals surface area contributed by atoms with Gasteiger partial charge in [0.25, 0.3) is 0 Å². The highest BCUT2D eigenvalue weighted by Gasteiger charge is 2.13. The van der Waals surface area contributed by atoms with E-state index in [0.717, 1.165) is 25.7 Å². The highest BCUT2D eigenvalue weighted by molar-refractivity contribution is 5.09. The summed E-state index contributed by atoms with van der Waals surface area (Å²) in [7, 11) is 0. The lowest BCUT2D eigenvalue weighted by atomic mass is 9.99. The molecule has 0 rings (SSSR count). The van der Waals surface area contributed by atoms with Gasteiger partial charge in [-0.1, -0.05) is 41.5 Å². The van der Waals surface area contributed by atoms with Gasteiger partial charge in [0.15, 0.2) is 0 Å². The van der Waals surface area contributed by atoms with Crippen LogP contribution in [0, 0.1) is 0 Å². The molecule has 22 heavy (non-hydrogen) atoms. The molecular weight excluding hydrogens is 272 g/mol. The average Bonchev–Trinajstić information content (AvgIpc) is 2.37. The normalized spacial score (nSPS) is 16.9. The van der Waals surface area contributed by atoms with Crippen molar-refractivity contribution < 1.29 is 10.2 Å². The number of rotatable bonds is 10. The molecule has 0 radical (unpaired) electrons. The molecule has 0 aromatic carbocycles. The Labute approximate surface area is 137 Å². The van der Waals surface area contributed by atoms with Crippen molar-refractivity contribution in [2.75, 3.05) is 0 Å². The zero-order valence-corrected chi connectivity index (χ0v) is 15.0. The molecule has 0 bridgehead atoms. The first-order valence-electron chi connectivity index (χ1n) is 8.13. The summed E-state index contributed by atoms with van der Waals surface area (Å²) in [6.07, 6.45) is 14.5. The van der Waals surface area contributed by atoms with Crippen LogP contribution in [0.2, 0.25) is 0 Å². The van der Waals surface area contributed by atoms with Gasteiger partial charge in [0.05, 0.1) is 11.2 Å². The molecule has 0 saturated carbocycles. The van der Waals surface area contributed by atoms with Crippen molar-refractivity contribution in [3.63, 3.8) is 0 Å². The van der Waals surface area contributed by atoms with E-state index < -0.39 is 11.2 Å². The summed E-state index contributed by atoms with van der Waals surface area (Å²) >= 11 is 0. The van der Waals surface area contributed by atoms with E-state index in [1.54, 1.807) is 26.8 Å². The first-order valence-corrected chi connectivity index (χ1v) is 8.13. The molecule has 0 aromatic rings. The van der Waals surface area contributed by atoms with Crippen LogP contribution in [0.4, 0.5) is 0 Å². The summed E-state index contributed by atoms with van der Waals surface area (Å²) in [5.74, 6) is 0. The van der Waals surface area contributed by atoms with Crippen LogP contribution in [-0.2, 0) is 0 Å². The fourth-order valence-corrected chi connectivity index (χ4v) is 1.98. The molecule has 0 saturated heterocycles. The van der Waals surface area contributed by atoms with Gasteiger partial charge < -0.3 is 10.2 Å². The molecule has 0 fully saturated rings. The van der Waals surface area contributed by atoms with Gasteiger partial charge in [0.2, 0.25) is 0 Å². The van der Waals surface area contributed by atoms with E-state index in [0.29, 0.717) is 6.42 Å². The van der Waals surface area contributed by atoms with E-state index in [1.165, 1.54) is 11.1 Å². The second-order valence-corrected chi connectivity index (χ2v) is 7.00. The van der Waals surface area contributed by atoms with Crippen molar-refractivity contribution in [1.29, 1.82) is 0 Å². The third-order valence-corrected chi connectivity index (χ3v) is 3.58. The Morgan fingerprint density at radius 1 is 1.00 bits per heavy atom. The van der Waals surface area contributed by atoms with Crippen molar-refractivity contribution >= 4 is 0 Å². The lowest BCUT2D eigenvalue weighted by molar-refractivity contribution is 0.103. The van der Waals surface area contributed by atoms with E-state index >= 15 is 0 Å². The van der Waals surface area contributed by atoms with Gasteiger partial charge in [-0.05, 0) is 66.7 Å². The highest BCUT2D eigenvalue weighted by Crippen LogP contribution is 2.16. The van der Waals surface area contributed by atoms with Gasteiger partial charge in [-0.25, -0.2) is 0 Å². The van der Waals surface area contributed by atoms with Crippen molar-refractivity contribution in [2.45, 2.75) is 77.9 Å². The maximum atomic E-state index is 9.84. The summed E-state index contributed by atoms with van der Waals surface area (Å²) in [4.78, 5) is 0. The quantitative estimate of drug-likeness (QED) is 0.552. The predicted octanol–water partition coefficient (Wildman–Crippen LogP) is 5.09. The zero-order chi connectivity index (χ0) is 17.2. The molecule has 0 amide bonds. The Hall–Kier alpha value is -1.12. The number of aliphatic hydroxyl groups is 2. The Morgan fingerprint density at radius 3 is 2.14 bits per heavy atom. The summed E-state index contributed by atoms with van der Waals surface area (Å²) in [5.41, 5.74) is 1.19. The van der Waals surface area contributed by atoms with Gasteiger partial charge >= 0.3 is 0 Å². The van der Waals surface area contributed by atoms with Crippen LogP contribution >= 0.6 is 0 Å². The van der Waals surface area contributed by atoms with Gasteiger partial charge in [0, 0.05) is 0 Å². The predicted molar refractivity (Wildman–Crippen MR) is 96.9 cm³/mol. The average molecular weight is 306 g/mol. The van der Waals surface area contributed by atoms with E-state index in [9.17, 15) is 10.2 Å². The number of hydrogen-bond acceptors (Lipinski definition) is 2. The smallest absolute Gasteiger partial charge is 0.0800 e. The summed E-state index contributed by atoms with van der Waals surface area (Å²) in [6, 6.07) is 0. The zero-order valence-electron chi connectivity index (χ0n) is 15.0. The van der Waals surface area contributed by atoms with Crippen molar-refractivity contribution in [3.8, 4) is 0 Å². The largest absolute Gasteiger partial charge is 0.386 e. The molecule has 1 atom stereocenters. The standard InChI is InChI=1S/C20H34O2/c1-7-20(6,22)16-10-14-18(3)12-8-11-17(2)13-9-15-19(4,5)21/h7,9,11,14-15,21-22H,1,8,10,12-13,16H2,2-6H3/b15-9+,17-11+,18-14+/t20-/m1/s1. The molecule has 0 aliphatic heterocycles. The van der Waals surface area contributed by atoms with E-state index in [-0.39, 0.29) is 0 Å². The minimum Gasteiger partial charge on any atom is -0.386 e. The van der Waals surface area contributed by atoms with Crippen molar-refractivity contribution in [3.05, 3.63) is 48.1 Å². The lowest BCUT2D eigenvalue weighted by Gasteiger charge is -2.16. The molecule has 0 unspecified atom stereocenters. The van der Waals surface area contributed by atoms with Crippen LogP contribution < -0.4 is 0 Å². The third kappa shape index (κ3) is 12.6. The molecule has 2 heteroatoms. The fourth-order valence-electron chi connectivity index (χ4n) is 1.98. The topological polar surface area (TPSA) is 40.5 Å². The van der Waals surface area contributed by atoms with E-state index in [2.05, 4.69) is 32.6 Å². The molecule has 0 spiro atoms. The Morgan fingerprint density at radius 2 is 1.59 bits per heavy atom. The summed E-state index contributed by atoms with van der Waals surface area (Å²) < 4.78 is 0. The first-order chi connectivity index (χ1) is 10.1. The Kier molecular flexibility index (Phi) is 9.31. The third-order valence-electron chi connectivity index (χ3n) is 3.58. The number of allylic oxidation sites excluding steroid dienone is 5. The lowest BCUT2D eigenvalue weighted by Crippen LogP contribution is -2.19. The SMILES string of the molecule is C=C[C@@](C)(O)CC/C=C(\C)CC/C=C(\C)C/C=C/C(C)(C)O. The Bertz CT molecular complexity index is 417. The van der Waals surface area contributed by atoms with Gasteiger partial charge in [-0.15, -0.1) is 6.58 Å². The fraction of sp³-hybridized carbons (Fsp3) is 0.600. The molecule has 0 aromatic heterocycles. The molecule has 0 heterocycles. The van der Waals surface area contributed by atoms with Gasteiger partial charge in [-0.3, -0.25) is 0 Å². The van der Waals surface area contributed by atoms with Crippen molar-refractivity contribution in [1.82, 2.24) is 0 Å². The summed E-state index contributed by atoms with van der Waals surface area (Å²) in [5, 5.41) is 19.4. The molecular formula is C20H34O2. The van der Waals surface area contributed by atoms with Crippen LogP contribution in [-0.4, -0.2) is 21.4 Å².